The Bertz CT molecular complexity index is 416. The van der Waals surface area contributed by atoms with Gasteiger partial charge in [-0.15, -0.1) is 0 Å². The molecule has 0 saturated carbocycles. The van der Waals surface area contributed by atoms with Crippen molar-refractivity contribution in [1.29, 1.82) is 5.26 Å². The molecule has 1 aromatic heterocycles. The summed E-state index contributed by atoms with van der Waals surface area (Å²) in [5, 5.41) is 8.55. The second-order valence-electron chi connectivity index (χ2n) is 2.87. The van der Waals surface area contributed by atoms with Crippen molar-refractivity contribution in [3.63, 3.8) is 0 Å². The number of halogens is 2. The van der Waals surface area contributed by atoms with Crippen LogP contribution in [0.25, 0.3) is 0 Å². The molecule has 16 heavy (non-hydrogen) atoms. The van der Waals surface area contributed by atoms with E-state index < -0.39 is 6.43 Å². The third-order valence-corrected chi connectivity index (χ3v) is 1.95. The largest absolute Gasteiger partial charge is 0.495 e. The second-order valence-corrected chi connectivity index (χ2v) is 2.87. The average molecular weight is 228 g/mol. The minimum atomic E-state index is -2.70. The van der Waals surface area contributed by atoms with Crippen LogP contribution in [-0.2, 0) is 6.42 Å². The summed E-state index contributed by atoms with van der Waals surface area (Å²) in [6.45, 7) is 0. The second kappa shape index (κ2) is 5.26. The molecule has 0 atom stereocenters. The van der Waals surface area contributed by atoms with Gasteiger partial charge in [0.1, 0.15) is 11.4 Å². The Kier molecular flexibility index (Phi) is 4.00. The highest BCUT2D eigenvalue weighted by Crippen LogP contribution is 2.32. The van der Waals surface area contributed by atoms with E-state index in [0.717, 1.165) is 6.07 Å². The van der Waals surface area contributed by atoms with Crippen molar-refractivity contribution in [2.45, 2.75) is 12.8 Å². The molecule has 0 spiro atoms. The van der Waals surface area contributed by atoms with Gasteiger partial charge in [0.15, 0.2) is 0 Å². The fourth-order valence-electron chi connectivity index (χ4n) is 1.23. The van der Waals surface area contributed by atoms with Crippen molar-refractivity contribution in [3.8, 4) is 17.7 Å². The molecule has 0 saturated heterocycles. The SMILES string of the molecule is COc1cc(C(F)F)c(OC)nc1CC#N. The van der Waals surface area contributed by atoms with Crippen LogP contribution in [-0.4, -0.2) is 19.2 Å². The molecule has 0 aliphatic heterocycles. The van der Waals surface area contributed by atoms with Crippen LogP contribution in [0.15, 0.2) is 6.07 Å². The highest BCUT2D eigenvalue weighted by atomic mass is 19.3. The number of aromatic nitrogens is 1. The van der Waals surface area contributed by atoms with Gasteiger partial charge in [-0.25, -0.2) is 13.8 Å². The first kappa shape index (κ1) is 12.2. The molecule has 86 valence electrons. The number of ether oxygens (including phenoxy) is 2. The summed E-state index contributed by atoms with van der Waals surface area (Å²) in [7, 11) is 2.58. The number of rotatable bonds is 4. The number of pyridine rings is 1. The van der Waals surface area contributed by atoms with Gasteiger partial charge in [0, 0.05) is 0 Å². The lowest BCUT2D eigenvalue weighted by Crippen LogP contribution is -2.02. The number of alkyl halides is 2. The summed E-state index contributed by atoms with van der Waals surface area (Å²) in [4.78, 5) is 3.82. The fourth-order valence-corrected chi connectivity index (χ4v) is 1.23. The molecule has 1 rings (SSSR count). The smallest absolute Gasteiger partial charge is 0.269 e. The highest BCUT2D eigenvalue weighted by Gasteiger charge is 2.19. The van der Waals surface area contributed by atoms with Gasteiger partial charge in [0.25, 0.3) is 6.43 Å². The molecule has 6 heteroatoms. The third kappa shape index (κ3) is 2.37. The van der Waals surface area contributed by atoms with Gasteiger partial charge < -0.3 is 9.47 Å². The molecule has 4 nitrogen and oxygen atoms in total. The monoisotopic (exact) mass is 228 g/mol. The van der Waals surface area contributed by atoms with Gasteiger partial charge in [-0.2, -0.15) is 5.26 Å². The molecule has 0 amide bonds. The Morgan fingerprint density at radius 2 is 2.12 bits per heavy atom. The maximum Gasteiger partial charge on any atom is 0.269 e. The van der Waals surface area contributed by atoms with Crippen molar-refractivity contribution in [3.05, 3.63) is 17.3 Å². The molecular weight excluding hydrogens is 218 g/mol. The Morgan fingerprint density at radius 1 is 1.44 bits per heavy atom. The van der Waals surface area contributed by atoms with Gasteiger partial charge in [-0.3, -0.25) is 0 Å². The molecule has 0 aliphatic carbocycles. The summed E-state index contributed by atoms with van der Waals surface area (Å²) in [5.41, 5.74) is -0.0627. The molecular formula is C10H10F2N2O2. The Labute approximate surface area is 91.4 Å². The van der Waals surface area contributed by atoms with Gasteiger partial charge in [0.05, 0.1) is 32.3 Å². The van der Waals surface area contributed by atoms with E-state index in [2.05, 4.69) is 4.98 Å². The van der Waals surface area contributed by atoms with E-state index in [1.165, 1.54) is 14.2 Å². The topological polar surface area (TPSA) is 55.1 Å². The van der Waals surface area contributed by atoms with E-state index in [4.69, 9.17) is 14.7 Å². The Morgan fingerprint density at radius 3 is 2.56 bits per heavy atom. The minimum absolute atomic E-state index is 0.0248. The van der Waals surface area contributed by atoms with E-state index in [0.29, 0.717) is 0 Å². The minimum Gasteiger partial charge on any atom is -0.495 e. The number of nitriles is 1. The van der Waals surface area contributed by atoms with Gasteiger partial charge >= 0.3 is 0 Å². The first-order valence-corrected chi connectivity index (χ1v) is 4.41. The Hall–Kier alpha value is -1.90. The van der Waals surface area contributed by atoms with Crippen molar-refractivity contribution < 1.29 is 18.3 Å². The van der Waals surface area contributed by atoms with Crippen LogP contribution < -0.4 is 9.47 Å². The van der Waals surface area contributed by atoms with E-state index in [1.807, 2.05) is 6.07 Å². The molecule has 0 fully saturated rings. The summed E-state index contributed by atoms with van der Waals surface area (Å²) < 4.78 is 34.8. The lowest BCUT2D eigenvalue weighted by atomic mass is 10.2. The molecule has 1 aromatic rings. The zero-order valence-corrected chi connectivity index (χ0v) is 8.83. The molecule has 0 radical (unpaired) electrons. The van der Waals surface area contributed by atoms with Crippen LogP contribution in [0.2, 0.25) is 0 Å². The number of nitrogens with zero attached hydrogens (tertiary/aromatic N) is 2. The molecule has 0 aromatic carbocycles. The quantitative estimate of drug-likeness (QED) is 0.791. The van der Waals surface area contributed by atoms with Crippen LogP contribution in [0.4, 0.5) is 8.78 Å². The summed E-state index contributed by atoms with van der Waals surface area (Å²) >= 11 is 0. The molecule has 0 unspecified atom stereocenters. The van der Waals surface area contributed by atoms with Crippen LogP contribution >= 0.6 is 0 Å². The molecule has 0 N–H and O–H groups in total. The molecule has 0 bridgehead atoms. The summed E-state index contributed by atoms with van der Waals surface area (Å²) in [6, 6.07) is 3.02. The van der Waals surface area contributed by atoms with Crippen molar-refractivity contribution in [1.82, 2.24) is 4.98 Å². The molecule has 0 aliphatic rings. The number of methoxy groups -OCH3 is 2. The maximum atomic E-state index is 12.6. The van der Waals surface area contributed by atoms with Crippen LogP contribution in [0.3, 0.4) is 0 Å². The van der Waals surface area contributed by atoms with Crippen molar-refractivity contribution >= 4 is 0 Å². The predicted octanol–water partition coefficient (Wildman–Crippen LogP) is 2.10. The summed E-state index contributed by atoms with van der Waals surface area (Å²) in [5.74, 6) is -0.0151. The zero-order valence-electron chi connectivity index (χ0n) is 8.83. The molecule has 1 heterocycles. The van der Waals surface area contributed by atoms with E-state index in [9.17, 15) is 8.78 Å². The van der Waals surface area contributed by atoms with E-state index >= 15 is 0 Å². The average Bonchev–Trinajstić information content (AvgIpc) is 2.28. The summed E-state index contributed by atoms with van der Waals surface area (Å²) in [6.07, 6.45) is -2.73. The first-order chi connectivity index (χ1) is 7.63. The van der Waals surface area contributed by atoms with Crippen molar-refractivity contribution in [2.75, 3.05) is 14.2 Å². The normalized spacial score (nSPS) is 10.0. The number of hydrogen-bond donors (Lipinski definition) is 0. The first-order valence-electron chi connectivity index (χ1n) is 4.41. The standard InChI is InChI=1S/C10H10F2N2O2/c1-15-8-5-6(9(11)12)10(16-2)14-7(8)3-4-13/h5,9H,3H2,1-2H3. The number of hydrogen-bond acceptors (Lipinski definition) is 4. The Balaban J connectivity index is 3.29. The zero-order chi connectivity index (χ0) is 12.1. The van der Waals surface area contributed by atoms with Gasteiger partial charge in [0.2, 0.25) is 5.88 Å². The van der Waals surface area contributed by atoms with Crippen LogP contribution in [0.5, 0.6) is 11.6 Å². The predicted molar refractivity (Wildman–Crippen MR) is 51.6 cm³/mol. The van der Waals surface area contributed by atoms with Crippen LogP contribution in [0.1, 0.15) is 17.7 Å². The maximum absolute atomic E-state index is 12.6. The lowest BCUT2D eigenvalue weighted by molar-refractivity contribution is 0.145. The van der Waals surface area contributed by atoms with Crippen LogP contribution in [0, 0.1) is 11.3 Å². The van der Waals surface area contributed by atoms with Gasteiger partial charge in [-0.1, -0.05) is 0 Å². The lowest BCUT2D eigenvalue weighted by Gasteiger charge is -2.11. The van der Waals surface area contributed by atoms with E-state index in [-0.39, 0.29) is 29.3 Å². The third-order valence-electron chi connectivity index (χ3n) is 1.95. The fraction of sp³-hybridized carbons (Fsp3) is 0.400. The van der Waals surface area contributed by atoms with E-state index in [1.54, 1.807) is 0 Å². The van der Waals surface area contributed by atoms with Crippen molar-refractivity contribution in [2.24, 2.45) is 0 Å². The highest BCUT2D eigenvalue weighted by molar-refractivity contribution is 5.40. The van der Waals surface area contributed by atoms with Gasteiger partial charge in [-0.05, 0) is 6.07 Å².